The highest BCUT2D eigenvalue weighted by molar-refractivity contribution is 6.32. The molecule has 19 heavy (non-hydrogen) atoms. The fraction of sp³-hybridized carbons (Fsp3) is 0.231. The molecule has 0 unspecified atom stereocenters. The number of hydrogen-bond donors (Lipinski definition) is 2. The van der Waals surface area contributed by atoms with Crippen molar-refractivity contribution in [2.24, 2.45) is 0 Å². The Hall–Kier alpha value is -1.85. The largest absolute Gasteiger partial charge is 0.480 e. The van der Waals surface area contributed by atoms with Crippen molar-refractivity contribution in [2.75, 3.05) is 19.8 Å². The van der Waals surface area contributed by atoms with Gasteiger partial charge < -0.3 is 15.2 Å². The Morgan fingerprint density at radius 3 is 2.79 bits per heavy atom. The van der Waals surface area contributed by atoms with Crippen LogP contribution in [0.4, 0.5) is 0 Å². The fourth-order valence-electron chi connectivity index (χ4n) is 1.24. The van der Waals surface area contributed by atoms with Gasteiger partial charge in [0.05, 0.1) is 6.61 Å². The quantitative estimate of drug-likeness (QED) is 0.588. The molecule has 0 aliphatic heterocycles. The zero-order valence-corrected chi connectivity index (χ0v) is 10.9. The summed E-state index contributed by atoms with van der Waals surface area (Å²) in [5.74, 6) is -1.33. The van der Waals surface area contributed by atoms with Gasteiger partial charge in [-0.05, 0) is 17.7 Å². The molecular formula is C13H14ClNO4. The molecule has 6 heteroatoms. The van der Waals surface area contributed by atoms with Crippen LogP contribution in [-0.4, -0.2) is 36.7 Å². The standard InChI is InChI=1S/C13H14ClNO4/c14-11-4-2-1-3-10(11)5-6-12(16)15-7-8-19-9-13(17)18/h1-6H,7-9H2,(H,15,16)(H,17,18). The molecule has 1 aromatic carbocycles. The molecule has 5 nitrogen and oxygen atoms in total. The molecule has 1 aromatic rings. The number of carboxylic acid groups (broad SMARTS) is 1. The van der Waals surface area contributed by atoms with Crippen molar-refractivity contribution in [1.29, 1.82) is 0 Å². The Bertz CT molecular complexity index is 473. The lowest BCUT2D eigenvalue weighted by molar-refractivity contribution is -0.142. The third-order valence-electron chi connectivity index (χ3n) is 2.09. The van der Waals surface area contributed by atoms with Crippen molar-refractivity contribution in [2.45, 2.75) is 0 Å². The maximum Gasteiger partial charge on any atom is 0.329 e. The van der Waals surface area contributed by atoms with Crippen LogP contribution in [0.3, 0.4) is 0 Å². The maximum atomic E-state index is 11.4. The van der Waals surface area contributed by atoms with Gasteiger partial charge in [-0.15, -0.1) is 0 Å². The van der Waals surface area contributed by atoms with Crippen LogP contribution >= 0.6 is 11.6 Å². The summed E-state index contributed by atoms with van der Waals surface area (Å²) in [6, 6.07) is 7.16. The first-order valence-electron chi connectivity index (χ1n) is 5.59. The number of carboxylic acids is 1. The molecule has 0 aliphatic rings. The first-order chi connectivity index (χ1) is 9.09. The zero-order chi connectivity index (χ0) is 14.1. The lowest BCUT2D eigenvalue weighted by Gasteiger charge is -2.02. The van der Waals surface area contributed by atoms with Gasteiger partial charge in [-0.25, -0.2) is 4.79 Å². The number of hydrogen-bond acceptors (Lipinski definition) is 3. The normalized spacial score (nSPS) is 10.6. The molecule has 0 saturated heterocycles. The van der Waals surface area contributed by atoms with E-state index >= 15 is 0 Å². The lowest BCUT2D eigenvalue weighted by Crippen LogP contribution is -2.26. The third-order valence-corrected chi connectivity index (χ3v) is 2.43. The van der Waals surface area contributed by atoms with Crippen molar-refractivity contribution in [3.05, 3.63) is 40.9 Å². The molecule has 1 rings (SSSR count). The van der Waals surface area contributed by atoms with E-state index in [9.17, 15) is 9.59 Å². The lowest BCUT2D eigenvalue weighted by atomic mass is 10.2. The van der Waals surface area contributed by atoms with Crippen LogP contribution < -0.4 is 5.32 Å². The average Bonchev–Trinajstić information content (AvgIpc) is 2.37. The fourth-order valence-corrected chi connectivity index (χ4v) is 1.44. The molecule has 0 radical (unpaired) electrons. The Balaban J connectivity index is 2.28. The molecule has 0 fully saturated rings. The van der Waals surface area contributed by atoms with E-state index in [2.05, 4.69) is 5.32 Å². The Kier molecular flexibility index (Phi) is 6.63. The van der Waals surface area contributed by atoms with E-state index in [0.717, 1.165) is 5.56 Å². The molecule has 0 heterocycles. The van der Waals surface area contributed by atoms with E-state index in [0.29, 0.717) is 5.02 Å². The molecule has 0 spiro atoms. The van der Waals surface area contributed by atoms with Crippen LogP contribution in [0, 0.1) is 0 Å². The second-order valence-corrected chi connectivity index (χ2v) is 4.00. The molecule has 0 atom stereocenters. The number of aliphatic carboxylic acids is 1. The van der Waals surface area contributed by atoms with Crippen LogP contribution in [-0.2, 0) is 14.3 Å². The van der Waals surface area contributed by atoms with Gasteiger partial charge in [0.2, 0.25) is 5.91 Å². The summed E-state index contributed by atoms with van der Waals surface area (Å²) >= 11 is 5.92. The van der Waals surface area contributed by atoms with Gasteiger partial charge in [0.25, 0.3) is 0 Å². The van der Waals surface area contributed by atoms with Crippen molar-refractivity contribution < 1.29 is 19.4 Å². The van der Waals surface area contributed by atoms with Crippen molar-refractivity contribution in [1.82, 2.24) is 5.32 Å². The topological polar surface area (TPSA) is 75.6 Å². The SMILES string of the molecule is O=C(O)COCCNC(=O)C=Cc1ccccc1Cl. The predicted octanol–water partition coefficient (Wildman–Crippen LogP) is 1.57. The summed E-state index contributed by atoms with van der Waals surface area (Å²) in [5, 5.41) is 11.4. The van der Waals surface area contributed by atoms with E-state index in [4.69, 9.17) is 21.4 Å². The molecule has 102 valence electrons. The van der Waals surface area contributed by atoms with Gasteiger partial charge in [-0.1, -0.05) is 29.8 Å². The molecule has 2 N–H and O–H groups in total. The highest BCUT2D eigenvalue weighted by Gasteiger charge is 1.98. The summed E-state index contributed by atoms with van der Waals surface area (Å²) in [6.45, 7) is 0.0300. The van der Waals surface area contributed by atoms with Crippen LogP contribution in [0.2, 0.25) is 5.02 Å². The smallest absolute Gasteiger partial charge is 0.329 e. The Morgan fingerprint density at radius 1 is 1.37 bits per heavy atom. The predicted molar refractivity (Wildman–Crippen MR) is 72.0 cm³/mol. The van der Waals surface area contributed by atoms with Crippen LogP contribution in [0.1, 0.15) is 5.56 Å². The Labute approximate surface area is 115 Å². The van der Waals surface area contributed by atoms with E-state index in [1.54, 1.807) is 24.3 Å². The second kappa shape index (κ2) is 8.29. The minimum atomic E-state index is -1.04. The van der Waals surface area contributed by atoms with Gasteiger partial charge in [0.1, 0.15) is 6.61 Å². The monoisotopic (exact) mass is 283 g/mol. The highest BCUT2D eigenvalue weighted by Crippen LogP contribution is 2.15. The molecule has 0 aromatic heterocycles. The van der Waals surface area contributed by atoms with Crippen LogP contribution in [0.5, 0.6) is 0 Å². The number of benzene rings is 1. The molecular weight excluding hydrogens is 270 g/mol. The first kappa shape index (κ1) is 15.2. The molecule has 0 bridgehead atoms. The first-order valence-corrected chi connectivity index (χ1v) is 5.97. The second-order valence-electron chi connectivity index (χ2n) is 3.59. The minimum Gasteiger partial charge on any atom is -0.480 e. The van der Waals surface area contributed by atoms with Crippen LogP contribution in [0.25, 0.3) is 6.08 Å². The zero-order valence-electron chi connectivity index (χ0n) is 10.1. The summed E-state index contributed by atoms with van der Waals surface area (Å²) in [7, 11) is 0. The average molecular weight is 284 g/mol. The number of carbonyl (C=O) groups is 2. The van der Waals surface area contributed by atoms with Crippen molar-refractivity contribution in [3.63, 3.8) is 0 Å². The summed E-state index contributed by atoms with van der Waals surface area (Å²) < 4.78 is 4.77. The van der Waals surface area contributed by atoms with E-state index in [1.807, 2.05) is 6.07 Å². The van der Waals surface area contributed by atoms with E-state index in [-0.39, 0.29) is 25.7 Å². The molecule has 1 amide bonds. The van der Waals surface area contributed by atoms with Gasteiger partial charge in [-0.2, -0.15) is 0 Å². The Morgan fingerprint density at radius 2 is 2.11 bits per heavy atom. The van der Waals surface area contributed by atoms with Gasteiger partial charge in [0, 0.05) is 17.6 Å². The van der Waals surface area contributed by atoms with Crippen molar-refractivity contribution >= 4 is 29.6 Å². The van der Waals surface area contributed by atoms with Crippen LogP contribution in [0.15, 0.2) is 30.3 Å². The summed E-state index contributed by atoms with van der Waals surface area (Å²) in [5.41, 5.74) is 0.751. The third kappa shape index (κ3) is 6.59. The summed E-state index contributed by atoms with van der Waals surface area (Å²) in [4.78, 5) is 21.6. The number of ether oxygens (including phenoxy) is 1. The number of nitrogens with one attached hydrogen (secondary N) is 1. The van der Waals surface area contributed by atoms with Gasteiger partial charge >= 0.3 is 5.97 Å². The minimum absolute atomic E-state index is 0.151. The van der Waals surface area contributed by atoms with Crippen molar-refractivity contribution in [3.8, 4) is 0 Å². The number of rotatable bonds is 7. The maximum absolute atomic E-state index is 11.4. The van der Waals surface area contributed by atoms with Gasteiger partial charge in [0.15, 0.2) is 0 Å². The van der Waals surface area contributed by atoms with Gasteiger partial charge in [-0.3, -0.25) is 4.79 Å². The summed E-state index contributed by atoms with van der Waals surface area (Å²) in [6.07, 6.45) is 2.97. The van der Waals surface area contributed by atoms with E-state index in [1.165, 1.54) is 6.08 Å². The molecule has 0 aliphatic carbocycles. The number of amides is 1. The number of halogens is 1. The molecule has 0 saturated carbocycles. The van der Waals surface area contributed by atoms with E-state index < -0.39 is 5.97 Å². The number of carbonyl (C=O) groups excluding carboxylic acids is 1. The highest BCUT2D eigenvalue weighted by atomic mass is 35.5.